The maximum Gasteiger partial charge on any atom is 0.0719 e. The van der Waals surface area contributed by atoms with Crippen molar-refractivity contribution in [3.8, 4) is 0 Å². The van der Waals surface area contributed by atoms with Crippen LogP contribution in [-0.4, -0.2) is 12.6 Å². The molecule has 19 heavy (non-hydrogen) atoms. The van der Waals surface area contributed by atoms with Crippen molar-refractivity contribution < 1.29 is 4.74 Å². The standard InChI is InChI=1S/C17H29NO/c1-4-6-7-10-15(3)18-13-16-11-8-9-12-17(16)14-19-5-2/h8-9,11-12,15,18H,4-7,10,13-14H2,1-3H3. The molecule has 0 aliphatic rings. The first-order valence-corrected chi connectivity index (χ1v) is 7.65. The third-order valence-electron chi connectivity index (χ3n) is 3.46. The molecule has 1 N–H and O–H groups in total. The molecule has 0 aliphatic carbocycles. The van der Waals surface area contributed by atoms with Crippen molar-refractivity contribution in [2.45, 2.75) is 65.6 Å². The number of ether oxygens (including phenoxy) is 1. The summed E-state index contributed by atoms with van der Waals surface area (Å²) >= 11 is 0. The molecular formula is C17H29NO. The van der Waals surface area contributed by atoms with Crippen molar-refractivity contribution in [2.75, 3.05) is 6.61 Å². The van der Waals surface area contributed by atoms with Gasteiger partial charge in [-0.05, 0) is 31.4 Å². The zero-order chi connectivity index (χ0) is 13.9. The van der Waals surface area contributed by atoms with Gasteiger partial charge in [0.25, 0.3) is 0 Å². The van der Waals surface area contributed by atoms with E-state index in [0.29, 0.717) is 6.04 Å². The predicted molar refractivity (Wildman–Crippen MR) is 82.2 cm³/mol. The summed E-state index contributed by atoms with van der Waals surface area (Å²) in [5, 5.41) is 3.62. The Morgan fingerprint density at radius 1 is 1.11 bits per heavy atom. The molecule has 0 aromatic heterocycles. The summed E-state index contributed by atoms with van der Waals surface area (Å²) in [5.41, 5.74) is 2.66. The minimum atomic E-state index is 0.590. The summed E-state index contributed by atoms with van der Waals surface area (Å²) in [5.74, 6) is 0. The SMILES string of the molecule is CCCCCC(C)NCc1ccccc1COCC. The Labute approximate surface area is 118 Å². The number of benzene rings is 1. The molecule has 0 saturated heterocycles. The van der Waals surface area contributed by atoms with E-state index in [9.17, 15) is 0 Å². The molecule has 1 aromatic carbocycles. The molecule has 0 heterocycles. The molecule has 108 valence electrons. The number of hydrogen-bond acceptors (Lipinski definition) is 2. The van der Waals surface area contributed by atoms with Gasteiger partial charge in [-0.1, -0.05) is 50.5 Å². The Kier molecular flexibility index (Phi) is 8.52. The fourth-order valence-corrected chi connectivity index (χ4v) is 2.17. The fraction of sp³-hybridized carbons (Fsp3) is 0.647. The van der Waals surface area contributed by atoms with E-state index in [1.54, 1.807) is 0 Å². The van der Waals surface area contributed by atoms with E-state index >= 15 is 0 Å². The van der Waals surface area contributed by atoms with E-state index in [1.807, 2.05) is 6.92 Å². The minimum Gasteiger partial charge on any atom is -0.377 e. The Bertz CT molecular complexity index is 338. The Balaban J connectivity index is 2.39. The zero-order valence-electron chi connectivity index (χ0n) is 12.7. The Morgan fingerprint density at radius 2 is 1.84 bits per heavy atom. The summed E-state index contributed by atoms with van der Waals surface area (Å²) in [6, 6.07) is 9.14. The second-order valence-electron chi connectivity index (χ2n) is 5.18. The molecule has 0 aliphatic heterocycles. The van der Waals surface area contributed by atoms with Crippen LogP contribution in [0, 0.1) is 0 Å². The van der Waals surface area contributed by atoms with E-state index in [4.69, 9.17) is 4.74 Å². The lowest BCUT2D eigenvalue weighted by Gasteiger charge is -2.15. The summed E-state index contributed by atoms with van der Waals surface area (Å²) < 4.78 is 5.52. The molecule has 0 amide bonds. The van der Waals surface area contributed by atoms with E-state index in [2.05, 4.69) is 43.4 Å². The van der Waals surface area contributed by atoms with Crippen LogP contribution in [0.5, 0.6) is 0 Å². The normalized spacial score (nSPS) is 12.6. The number of hydrogen-bond donors (Lipinski definition) is 1. The molecule has 2 heteroatoms. The summed E-state index contributed by atoms with van der Waals surface area (Å²) in [7, 11) is 0. The third kappa shape index (κ3) is 6.74. The van der Waals surface area contributed by atoms with Crippen LogP contribution < -0.4 is 5.32 Å². The molecule has 0 saturated carbocycles. The van der Waals surface area contributed by atoms with Gasteiger partial charge in [-0.15, -0.1) is 0 Å². The van der Waals surface area contributed by atoms with Gasteiger partial charge in [-0.25, -0.2) is 0 Å². The molecule has 1 rings (SSSR count). The van der Waals surface area contributed by atoms with Gasteiger partial charge in [0.1, 0.15) is 0 Å². The van der Waals surface area contributed by atoms with Gasteiger partial charge in [0, 0.05) is 19.2 Å². The zero-order valence-corrected chi connectivity index (χ0v) is 12.7. The summed E-state index contributed by atoms with van der Waals surface area (Å²) in [6.07, 6.45) is 5.23. The molecule has 1 aromatic rings. The van der Waals surface area contributed by atoms with Gasteiger partial charge < -0.3 is 10.1 Å². The quantitative estimate of drug-likeness (QED) is 0.636. The van der Waals surface area contributed by atoms with Crippen molar-refractivity contribution in [1.29, 1.82) is 0 Å². The van der Waals surface area contributed by atoms with Crippen LogP contribution in [-0.2, 0) is 17.9 Å². The van der Waals surface area contributed by atoms with Gasteiger partial charge in [0.05, 0.1) is 6.61 Å². The van der Waals surface area contributed by atoms with Crippen molar-refractivity contribution in [2.24, 2.45) is 0 Å². The van der Waals surface area contributed by atoms with Crippen LogP contribution in [0.4, 0.5) is 0 Å². The molecule has 1 atom stereocenters. The van der Waals surface area contributed by atoms with E-state index in [1.165, 1.54) is 36.8 Å². The van der Waals surface area contributed by atoms with Crippen molar-refractivity contribution in [3.05, 3.63) is 35.4 Å². The highest BCUT2D eigenvalue weighted by Gasteiger charge is 2.04. The van der Waals surface area contributed by atoms with E-state index < -0.39 is 0 Å². The lowest BCUT2D eigenvalue weighted by atomic mass is 10.1. The molecule has 0 spiro atoms. The van der Waals surface area contributed by atoms with Crippen molar-refractivity contribution >= 4 is 0 Å². The first-order valence-electron chi connectivity index (χ1n) is 7.65. The van der Waals surface area contributed by atoms with Gasteiger partial charge in [-0.3, -0.25) is 0 Å². The van der Waals surface area contributed by atoms with E-state index in [-0.39, 0.29) is 0 Å². The maximum absolute atomic E-state index is 5.52. The maximum atomic E-state index is 5.52. The second kappa shape index (κ2) is 9.99. The van der Waals surface area contributed by atoms with Gasteiger partial charge in [0.2, 0.25) is 0 Å². The highest BCUT2D eigenvalue weighted by molar-refractivity contribution is 5.26. The highest BCUT2D eigenvalue weighted by Crippen LogP contribution is 2.11. The summed E-state index contributed by atoms with van der Waals surface area (Å²) in [6.45, 7) is 9.00. The number of unbranched alkanes of at least 4 members (excludes halogenated alkanes) is 2. The first-order chi connectivity index (χ1) is 9.27. The van der Waals surface area contributed by atoms with Crippen LogP contribution in [0.15, 0.2) is 24.3 Å². The average Bonchev–Trinajstić information content (AvgIpc) is 2.44. The van der Waals surface area contributed by atoms with Gasteiger partial charge >= 0.3 is 0 Å². The molecular weight excluding hydrogens is 234 g/mol. The highest BCUT2D eigenvalue weighted by atomic mass is 16.5. The van der Waals surface area contributed by atoms with Crippen molar-refractivity contribution in [3.63, 3.8) is 0 Å². The van der Waals surface area contributed by atoms with Gasteiger partial charge in [0.15, 0.2) is 0 Å². The van der Waals surface area contributed by atoms with Crippen LogP contribution in [0.1, 0.15) is 57.6 Å². The van der Waals surface area contributed by atoms with Gasteiger partial charge in [-0.2, -0.15) is 0 Å². The number of rotatable bonds is 10. The molecule has 0 fully saturated rings. The first kappa shape index (κ1) is 16.2. The average molecular weight is 263 g/mol. The van der Waals surface area contributed by atoms with Crippen LogP contribution in [0.2, 0.25) is 0 Å². The molecule has 0 radical (unpaired) electrons. The smallest absolute Gasteiger partial charge is 0.0719 e. The van der Waals surface area contributed by atoms with Crippen molar-refractivity contribution in [1.82, 2.24) is 5.32 Å². The Morgan fingerprint density at radius 3 is 2.53 bits per heavy atom. The Hall–Kier alpha value is -0.860. The monoisotopic (exact) mass is 263 g/mol. The lowest BCUT2D eigenvalue weighted by molar-refractivity contribution is 0.133. The summed E-state index contributed by atoms with van der Waals surface area (Å²) in [4.78, 5) is 0. The third-order valence-corrected chi connectivity index (χ3v) is 3.46. The fourth-order valence-electron chi connectivity index (χ4n) is 2.17. The van der Waals surface area contributed by atoms with E-state index in [0.717, 1.165) is 19.8 Å². The van der Waals surface area contributed by atoms with Crippen LogP contribution >= 0.6 is 0 Å². The number of nitrogens with one attached hydrogen (secondary N) is 1. The second-order valence-corrected chi connectivity index (χ2v) is 5.18. The lowest BCUT2D eigenvalue weighted by Crippen LogP contribution is -2.25. The molecule has 2 nitrogen and oxygen atoms in total. The molecule has 0 bridgehead atoms. The topological polar surface area (TPSA) is 21.3 Å². The minimum absolute atomic E-state index is 0.590. The molecule has 1 unspecified atom stereocenters. The van der Waals surface area contributed by atoms with Crippen LogP contribution in [0.3, 0.4) is 0 Å². The van der Waals surface area contributed by atoms with Crippen LogP contribution in [0.25, 0.3) is 0 Å². The largest absolute Gasteiger partial charge is 0.377 e. The predicted octanol–water partition coefficient (Wildman–Crippen LogP) is 4.28.